The fourth-order valence-electron chi connectivity index (χ4n) is 1.46. The summed E-state index contributed by atoms with van der Waals surface area (Å²) in [6, 6.07) is 6.49. The van der Waals surface area contributed by atoms with E-state index in [-0.39, 0.29) is 0 Å². The minimum absolute atomic E-state index is 0.552. The van der Waals surface area contributed by atoms with Crippen LogP contribution in [0.3, 0.4) is 0 Å². The maximum atomic E-state index is 5.91. The molecule has 0 bridgehead atoms. The van der Waals surface area contributed by atoms with E-state index in [9.17, 15) is 0 Å². The van der Waals surface area contributed by atoms with Crippen LogP contribution in [0.15, 0.2) is 22.7 Å². The Bertz CT molecular complexity index is 346. The van der Waals surface area contributed by atoms with Gasteiger partial charge in [-0.1, -0.05) is 40.5 Å². The number of thioether (sulfide) groups is 1. The van der Waals surface area contributed by atoms with E-state index in [0.29, 0.717) is 6.04 Å². The lowest BCUT2D eigenvalue weighted by atomic mass is 10.2. The highest BCUT2D eigenvalue weighted by Gasteiger charge is 2.04. The summed E-state index contributed by atoms with van der Waals surface area (Å²) in [4.78, 5) is 0. The minimum Gasteiger partial charge on any atom is -0.310 e. The molecule has 1 atom stereocenters. The second-order valence-electron chi connectivity index (χ2n) is 4.00. The lowest BCUT2D eigenvalue weighted by Gasteiger charge is -2.14. The zero-order valence-corrected chi connectivity index (χ0v) is 13.5. The molecule has 1 unspecified atom stereocenters. The van der Waals surface area contributed by atoms with Crippen LogP contribution in [-0.2, 0) is 6.54 Å². The van der Waals surface area contributed by atoms with Crippen molar-refractivity contribution in [2.45, 2.75) is 32.9 Å². The van der Waals surface area contributed by atoms with Crippen LogP contribution in [-0.4, -0.2) is 17.5 Å². The minimum atomic E-state index is 0.552. The maximum absolute atomic E-state index is 5.91. The molecule has 0 heterocycles. The summed E-state index contributed by atoms with van der Waals surface area (Å²) in [5.74, 6) is 2.43. The maximum Gasteiger partial charge on any atom is 0.0417 e. The number of hydrogen-bond donors (Lipinski definition) is 1. The van der Waals surface area contributed by atoms with Crippen LogP contribution in [0, 0.1) is 0 Å². The summed E-state index contributed by atoms with van der Waals surface area (Å²) < 4.78 is 1.08. The van der Waals surface area contributed by atoms with Crippen molar-refractivity contribution < 1.29 is 0 Å². The molecule has 0 radical (unpaired) electrons. The molecule has 1 nitrogen and oxygen atoms in total. The van der Waals surface area contributed by atoms with Gasteiger partial charge >= 0.3 is 0 Å². The van der Waals surface area contributed by atoms with E-state index in [0.717, 1.165) is 16.0 Å². The van der Waals surface area contributed by atoms with E-state index in [1.807, 2.05) is 23.9 Å². The lowest BCUT2D eigenvalue weighted by Crippen LogP contribution is -2.26. The van der Waals surface area contributed by atoms with Crippen LogP contribution < -0.4 is 5.32 Å². The molecule has 1 aromatic carbocycles. The number of benzene rings is 1. The highest BCUT2D eigenvalue weighted by Crippen LogP contribution is 2.21. The van der Waals surface area contributed by atoms with Crippen molar-refractivity contribution >= 4 is 39.3 Å². The topological polar surface area (TPSA) is 12.0 Å². The van der Waals surface area contributed by atoms with Crippen molar-refractivity contribution in [1.82, 2.24) is 5.32 Å². The Morgan fingerprint density at radius 3 is 2.88 bits per heavy atom. The third-order valence-corrected chi connectivity index (χ3v) is 4.46. The van der Waals surface area contributed by atoms with Gasteiger partial charge in [-0.3, -0.25) is 0 Å². The van der Waals surface area contributed by atoms with Crippen molar-refractivity contribution in [3.05, 3.63) is 33.3 Å². The van der Waals surface area contributed by atoms with Crippen molar-refractivity contribution in [2.75, 3.05) is 11.5 Å². The largest absolute Gasteiger partial charge is 0.310 e. The number of nitrogens with one attached hydrogen (secondary N) is 1. The van der Waals surface area contributed by atoms with E-state index in [4.69, 9.17) is 11.6 Å². The predicted molar refractivity (Wildman–Crippen MR) is 83.1 cm³/mol. The standard InChI is InChI=1S/C13H19BrClNS/c1-3-17-7-6-10(2)16-9-11-4-5-12(15)8-13(11)14/h4-5,8,10,16H,3,6-7,9H2,1-2H3. The first kappa shape index (κ1) is 15.4. The highest BCUT2D eigenvalue weighted by atomic mass is 79.9. The van der Waals surface area contributed by atoms with Gasteiger partial charge in [0.2, 0.25) is 0 Å². The first-order valence-electron chi connectivity index (χ1n) is 5.88. The molecule has 0 aliphatic carbocycles. The average Bonchev–Trinajstić information content (AvgIpc) is 2.28. The number of halogens is 2. The number of hydrogen-bond acceptors (Lipinski definition) is 2. The summed E-state index contributed by atoms with van der Waals surface area (Å²) >= 11 is 11.4. The zero-order chi connectivity index (χ0) is 12.7. The van der Waals surface area contributed by atoms with E-state index in [1.165, 1.54) is 23.5 Å². The number of rotatable bonds is 7. The molecule has 1 aromatic rings. The molecule has 0 aliphatic heterocycles. The van der Waals surface area contributed by atoms with Gasteiger partial charge in [-0.2, -0.15) is 11.8 Å². The molecule has 1 rings (SSSR count). The molecule has 1 N–H and O–H groups in total. The van der Waals surface area contributed by atoms with Gasteiger partial charge in [-0.25, -0.2) is 0 Å². The quantitative estimate of drug-likeness (QED) is 0.723. The van der Waals surface area contributed by atoms with Crippen molar-refractivity contribution in [3.8, 4) is 0 Å². The summed E-state index contributed by atoms with van der Waals surface area (Å²) in [5, 5.41) is 4.30. The summed E-state index contributed by atoms with van der Waals surface area (Å²) in [6.45, 7) is 5.32. The Hall–Kier alpha value is 0.300. The highest BCUT2D eigenvalue weighted by molar-refractivity contribution is 9.10. The smallest absolute Gasteiger partial charge is 0.0417 e. The van der Waals surface area contributed by atoms with Crippen LogP contribution in [0.2, 0.25) is 5.02 Å². The fraction of sp³-hybridized carbons (Fsp3) is 0.538. The van der Waals surface area contributed by atoms with E-state index < -0.39 is 0 Å². The predicted octanol–water partition coefficient (Wildman–Crippen LogP) is 4.72. The van der Waals surface area contributed by atoms with Crippen LogP contribution in [0.1, 0.15) is 25.8 Å². The van der Waals surface area contributed by atoms with Crippen LogP contribution in [0.25, 0.3) is 0 Å². The SMILES string of the molecule is CCSCCC(C)NCc1ccc(Cl)cc1Br. The van der Waals surface area contributed by atoms with E-state index >= 15 is 0 Å². The Labute approximate surface area is 122 Å². The van der Waals surface area contributed by atoms with Crippen molar-refractivity contribution in [3.63, 3.8) is 0 Å². The molecule has 4 heteroatoms. The molecule has 0 saturated carbocycles. The van der Waals surface area contributed by atoms with Gasteiger partial charge in [0.25, 0.3) is 0 Å². The van der Waals surface area contributed by atoms with Gasteiger partial charge in [-0.15, -0.1) is 0 Å². The first-order chi connectivity index (χ1) is 8.13. The molecule has 0 spiro atoms. The summed E-state index contributed by atoms with van der Waals surface area (Å²) in [7, 11) is 0. The third-order valence-electron chi connectivity index (χ3n) is 2.56. The van der Waals surface area contributed by atoms with E-state index in [2.05, 4.69) is 41.2 Å². The van der Waals surface area contributed by atoms with Gasteiger partial charge in [0.15, 0.2) is 0 Å². The molecule has 0 aromatic heterocycles. The van der Waals surface area contributed by atoms with Crippen LogP contribution in [0.5, 0.6) is 0 Å². The summed E-state index contributed by atoms with van der Waals surface area (Å²) in [6.07, 6.45) is 1.21. The Kier molecular flexibility index (Phi) is 7.60. The average molecular weight is 337 g/mol. The summed E-state index contributed by atoms with van der Waals surface area (Å²) in [5.41, 5.74) is 1.25. The second kappa shape index (κ2) is 8.41. The van der Waals surface area contributed by atoms with Crippen LogP contribution >= 0.6 is 39.3 Å². The molecule has 0 amide bonds. The molecular formula is C13H19BrClNS. The zero-order valence-electron chi connectivity index (χ0n) is 10.3. The monoisotopic (exact) mass is 335 g/mol. The molecular weight excluding hydrogens is 318 g/mol. The third kappa shape index (κ3) is 6.14. The van der Waals surface area contributed by atoms with Gasteiger partial charge in [0, 0.05) is 22.1 Å². The molecule has 0 saturated heterocycles. The normalized spacial score (nSPS) is 12.7. The van der Waals surface area contributed by atoms with Crippen molar-refractivity contribution in [2.24, 2.45) is 0 Å². The van der Waals surface area contributed by atoms with Gasteiger partial charge in [0.1, 0.15) is 0 Å². The van der Waals surface area contributed by atoms with Gasteiger partial charge in [-0.05, 0) is 42.5 Å². The second-order valence-corrected chi connectivity index (χ2v) is 6.69. The first-order valence-corrected chi connectivity index (χ1v) is 8.21. The van der Waals surface area contributed by atoms with Crippen LogP contribution in [0.4, 0.5) is 0 Å². The van der Waals surface area contributed by atoms with Gasteiger partial charge < -0.3 is 5.32 Å². The molecule has 0 aliphatic rings. The lowest BCUT2D eigenvalue weighted by molar-refractivity contribution is 0.537. The molecule has 0 fully saturated rings. The molecule has 96 valence electrons. The van der Waals surface area contributed by atoms with Crippen molar-refractivity contribution in [1.29, 1.82) is 0 Å². The fourth-order valence-corrected chi connectivity index (χ4v) is 3.09. The Morgan fingerprint density at radius 2 is 2.24 bits per heavy atom. The van der Waals surface area contributed by atoms with E-state index in [1.54, 1.807) is 0 Å². The Balaban J connectivity index is 2.34. The Morgan fingerprint density at radius 1 is 1.47 bits per heavy atom. The molecule has 17 heavy (non-hydrogen) atoms. The van der Waals surface area contributed by atoms with Gasteiger partial charge in [0.05, 0.1) is 0 Å².